The van der Waals surface area contributed by atoms with Gasteiger partial charge >= 0.3 is 0 Å². The highest BCUT2D eigenvalue weighted by molar-refractivity contribution is 5.95. The fourth-order valence-electron chi connectivity index (χ4n) is 3.99. The molecular weight excluding hydrogens is 392 g/mol. The molecule has 0 saturated carbocycles. The third kappa shape index (κ3) is 4.47. The van der Waals surface area contributed by atoms with Gasteiger partial charge < -0.3 is 19.5 Å². The average molecular weight is 419 g/mol. The number of rotatable bonds is 9. The molecule has 0 heterocycles. The summed E-state index contributed by atoms with van der Waals surface area (Å²) >= 11 is 0. The van der Waals surface area contributed by atoms with Crippen molar-refractivity contribution in [3.8, 4) is 0 Å². The average Bonchev–Trinajstić information content (AvgIpc) is 2.70. The molecule has 0 aromatic heterocycles. The minimum atomic E-state index is -0.680. The number of ether oxygens (including phenoxy) is 3. The Morgan fingerprint density at radius 1 is 1.20 bits per heavy atom. The fourth-order valence-corrected chi connectivity index (χ4v) is 3.99. The maximum Gasteiger partial charge on any atom is 0.247 e. The molecule has 2 aliphatic rings. The van der Waals surface area contributed by atoms with Gasteiger partial charge in [-0.15, -0.1) is 0 Å². The van der Waals surface area contributed by atoms with Gasteiger partial charge in [0.05, 0.1) is 7.11 Å². The summed E-state index contributed by atoms with van der Waals surface area (Å²) in [6, 6.07) is 3.32. The zero-order chi connectivity index (χ0) is 21.8. The molecule has 0 spiro atoms. The topological polar surface area (TPSA) is 56.8 Å². The Morgan fingerprint density at radius 3 is 2.57 bits per heavy atom. The van der Waals surface area contributed by atoms with Crippen molar-refractivity contribution < 1.29 is 27.8 Å². The SMILES string of the molecule is COC1=CC2=C1C(CCC(OC)OC)C=C(C(=O)NCc1ccc(F)cc1F)C2C. The molecule has 0 bridgehead atoms. The molecule has 3 rings (SSSR count). The standard InChI is InChI=1S/C23H27F2NO4/c1-13-17-11-20(28-2)22(17)14(6-8-21(29-3)30-4)9-18(13)23(27)26-12-15-5-7-16(24)10-19(15)25/h5,7,9-11,13-14,21H,6,8,12H2,1-4H3,(H,26,27). The van der Waals surface area contributed by atoms with E-state index >= 15 is 0 Å². The van der Waals surface area contributed by atoms with Crippen molar-refractivity contribution in [1.82, 2.24) is 5.32 Å². The second kappa shape index (κ2) is 9.53. The van der Waals surface area contributed by atoms with Crippen molar-refractivity contribution in [2.75, 3.05) is 21.3 Å². The quantitative estimate of drug-likeness (QED) is 0.615. The highest BCUT2D eigenvalue weighted by atomic mass is 19.1. The van der Waals surface area contributed by atoms with E-state index in [9.17, 15) is 13.6 Å². The van der Waals surface area contributed by atoms with Crippen molar-refractivity contribution >= 4 is 5.91 Å². The van der Waals surface area contributed by atoms with Gasteiger partial charge in [0.15, 0.2) is 6.29 Å². The van der Waals surface area contributed by atoms with Crippen LogP contribution < -0.4 is 5.32 Å². The first-order chi connectivity index (χ1) is 14.4. The van der Waals surface area contributed by atoms with E-state index < -0.39 is 11.6 Å². The van der Waals surface area contributed by atoms with Crippen LogP contribution in [-0.4, -0.2) is 33.5 Å². The van der Waals surface area contributed by atoms with Gasteiger partial charge in [0, 0.05) is 55.4 Å². The van der Waals surface area contributed by atoms with Crippen molar-refractivity contribution in [3.05, 3.63) is 70.0 Å². The van der Waals surface area contributed by atoms with Crippen molar-refractivity contribution in [3.63, 3.8) is 0 Å². The van der Waals surface area contributed by atoms with Crippen LogP contribution in [0.25, 0.3) is 0 Å². The molecule has 0 saturated heterocycles. The van der Waals surface area contributed by atoms with Gasteiger partial charge in [-0.25, -0.2) is 8.78 Å². The minimum absolute atomic E-state index is 0.00717. The van der Waals surface area contributed by atoms with Crippen LogP contribution in [0.1, 0.15) is 25.3 Å². The number of amides is 1. The third-order valence-corrected chi connectivity index (χ3v) is 5.72. The first-order valence-corrected chi connectivity index (χ1v) is 9.89. The summed E-state index contributed by atoms with van der Waals surface area (Å²) < 4.78 is 43.0. The highest BCUT2D eigenvalue weighted by Crippen LogP contribution is 2.46. The maximum absolute atomic E-state index is 13.9. The number of hydrogen-bond donors (Lipinski definition) is 1. The van der Waals surface area contributed by atoms with Crippen LogP contribution in [0.2, 0.25) is 0 Å². The number of carbonyl (C=O) groups is 1. The van der Waals surface area contributed by atoms with E-state index in [1.54, 1.807) is 21.3 Å². The molecule has 5 nitrogen and oxygen atoms in total. The lowest BCUT2D eigenvalue weighted by Crippen LogP contribution is -2.33. The second-order valence-electron chi connectivity index (χ2n) is 7.43. The lowest BCUT2D eigenvalue weighted by Gasteiger charge is -2.37. The fraction of sp³-hybridized carbons (Fsp3) is 0.435. The molecular formula is C23H27F2NO4. The molecule has 0 radical (unpaired) electrons. The van der Waals surface area contributed by atoms with Gasteiger partial charge in [-0.2, -0.15) is 0 Å². The Kier molecular flexibility index (Phi) is 7.05. The van der Waals surface area contributed by atoms with Crippen LogP contribution in [0.15, 0.2) is 52.8 Å². The predicted molar refractivity (Wildman–Crippen MR) is 108 cm³/mol. The van der Waals surface area contributed by atoms with Crippen LogP contribution in [0.5, 0.6) is 0 Å². The monoisotopic (exact) mass is 419 g/mol. The van der Waals surface area contributed by atoms with Gasteiger partial charge in [-0.05, 0) is 30.6 Å². The van der Waals surface area contributed by atoms with Crippen LogP contribution in [0.4, 0.5) is 8.78 Å². The van der Waals surface area contributed by atoms with E-state index in [1.807, 2.05) is 19.1 Å². The van der Waals surface area contributed by atoms with Crippen LogP contribution in [-0.2, 0) is 25.5 Å². The number of benzene rings is 1. The van der Waals surface area contributed by atoms with Crippen molar-refractivity contribution in [2.24, 2.45) is 11.8 Å². The van der Waals surface area contributed by atoms with Gasteiger partial charge in [-0.3, -0.25) is 4.79 Å². The highest BCUT2D eigenvalue weighted by Gasteiger charge is 2.37. The lowest BCUT2D eigenvalue weighted by molar-refractivity contribution is -0.118. The summed E-state index contributed by atoms with van der Waals surface area (Å²) in [5, 5.41) is 2.76. The molecule has 162 valence electrons. The van der Waals surface area contributed by atoms with E-state index in [-0.39, 0.29) is 36.1 Å². The number of halogens is 2. The first kappa shape index (κ1) is 22.2. The summed E-state index contributed by atoms with van der Waals surface area (Å²) in [4.78, 5) is 12.9. The van der Waals surface area contributed by atoms with Gasteiger partial charge in [0.25, 0.3) is 0 Å². The summed E-state index contributed by atoms with van der Waals surface area (Å²) in [5.74, 6) is -0.874. The smallest absolute Gasteiger partial charge is 0.247 e. The Bertz CT molecular complexity index is 902. The first-order valence-electron chi connectivity index (χ1n) is 9.89. The molecule has 0 fully saturated rings. The molecule has 1 aromatic rings. The molecule has 2 unspecified atom stereocenters. The summed E-state index contributed by atoms with van der Waals surface area (Å²) in [7, 11) is 4.82. The summed E-state index contributed by atoms with van der Waals surface area (Å²) in [6.07, 6.45) is 4.97. The van der Waals surface area contributed by atoms with Gasteiger partial charge in [0.1, 0.15) is 17.4 Å². The van der Waals surface area contributed by atoms with E-state index in [2.05, 4.69) is 5.32 Å². The summed E-state index contributed by atoms with van der Waals surface area (Å²) in [5.41, 5.74) is 3.04. The molecule has 30 heavy (non-hydrogen) atoms. The number of nitrogens with one attached hydrogen (secondary N) is 1. The minimum Gasteiger partial charge on any atom is -0.496 e. The van der Waals surface area contributed by atoms with E-state index in [4.69, 9.17) is 14.2 Å². The van der Waals surface area contributed by atoms with Crippen molar-refractivity contribution in [2.45, 2.75) is 32.6 Å². The molecule has 1 N–H and O–H groups in total. The van der Waals surface area contributed by atoms with E-state index in [0.717, 1.165) is 29.4 Å². The number of allylic oxidation sites excluding steroid dienone is 4. The number of hydrogen-bond acceptors (Lipinski definition) is 4. The lowest BCUT2D eigenvalue weighted by atomic mass is 9.70. The number of methoxy groups -OCH3 is 3. The molecule has 2 aliphatic carbocycles. The van der Waals surface area contributed by atoms with Crippen molar-refractivity contribution in [1.29, 1.82) is 0 Å². The zero-order valence-electron chi connectivity index (χ0n) is 17.6. The van der Waals surface area contributed by atoms with Gasteiger partial charge in [0.2, 0.25) is 5.91 Å². The molecule has 1 amide bonds. The van der Waals surface area contributed by atoms with Crippen LogP contribution >= 0.6 is 0 Å². The molecule has 2 atom stereocenters. The Balaban J connectivity index is 1.74. The second-order valence-corrected chi connectivity index (χ2v) is 7.43. The Hall–Kier alpha value is -2.51. The van der Waals surface area contributed by atoms with Gasteiger partial charge in [-0.1, -0.05) is 19.1 Å². The predicted octanol–water partition coefficient (Wildman–Crippen LogP) is 4.01. The third-order valence-electron chi connectivity index (χ3n) is 5.72. The normalized spacial score (nSPS) is 20.4. The zero-order valence-corrected chi connectivity index (χ0v) is 17.6. The largest absolute Gasteiger partial charge is 0.496 e. The maximum atomic E-state index is 13.9. The molecule has 0 aliphatic heterocycles. The van der Waals surface area contributed by atoms with E-state index in [1.165, 1.54) is 12.1 Å². The number of carbonyl (C=O) groups excluding carboxylic acids is 1. The summed E-state index contributed by atoms with van der Waals surface area (Å²) in [6.45, 7) is 1.95. The molecule has 7 heteroatoms. The Morgan fingerprint density at radius 2 is 1.93 bits per heavy atom. The van der Waals surface area contributed by atoms with Crippen LogP contribution in [0.3, 0.4) is 0 Å². The Labute approximate surface area is 175 Å². The van der Waals surface area contributed by atoms with Crippen LogP contribution in [0, 0.1) is 23.5 Å². The van der Waals surface area contributed by atoms with E-state index in [0.29, 0.717) is 12.0 Å². The molecule has 1 aromatic carbocycles.